The van der Waals surface area contributed by atoms with E-state index in [1.807, 2.05) is 6.07 Å². The zero-order valence-electron chi connectivity index (χ0n) is 12.6. The van der Waals surface area contributed by atoms with Crippen LogP contribution < -0.4 is 10.6 Å². The van der Waals surface area contributed by atoms with E-state index in [-0.39, 0.29) is 11.6 Å². The van der Waals surface area contributed by atoms with Crippen LogP contribution in [0.4, 0.5) is 10.5 Å². The molecule has 4 heteroatoms. The minimum absolute atomic E-state index is 0.0195. The van der Waals surface area contributed by atoms with E-state index in [2.05, 4.69) is 16.7 Å². The van der Waals surface area contributed by atoms with E-state index in [4.69, 9.17) is 5.26 Å². The number of benzene rings is 1. The molecule has 0 spiro atoms. The summed E-state index contributed by atoms with van der Waals surface area (Å²) in [4.78, 5) is 12.4. The first-order valence-corrected chi connectivity index (χ1v) is 8.23. The number of urea groups is 1. The Morgan fingerprint density at radius 3 is 2.36 bits per heavy atom. The van der Waals surface area contributed by atoms with Gasteiger partial charge in [-0.2, -0.15) is 5.26 Å². The van der Waals surface area contributed by atoms with E-state index >= 15 is 0 Å². The van der Waals surface area contributed by atoms with Crippen LogP contribution in [0.15, 0.2) is 24.3 Å². The average molecular weight is 295 g/mol. The van der Waals surface area contributed by atoms with Gasteiger partial charge in [0.25, 0.3) is 0 Å². The second-order valence-corrected chi connectivity index (χ2v) is 7.47. The summed E-state index contributed by atoms with van der Waals surface area (Å²) >= 11 is 0. The number of amides is 2. The van der Waals surface area contributed by atoms with Gasteiger partial charge in [-0.1, -0.05) is 6.07 Å². The molecule has 2 N–H and O–H groups in total. The highest BCUT2D eigenvalue weighted by Gasteiger charge is 2.51. The molecular weight excluding hydrogens is 274 g/mol. The second kappa shape index (κ2) is 5.01. The van der Waals surface area contributed by atoms with Gasteiger partial charge in [0.2, 0.25) is 0 Å². The van der Waals surface area contributed by atoms with Crippen LogP contribution in [0.2, 0.25) is 0 Å². The molecule has 4 saturated carbocycles. The van der Waals surface area contributed by atoms with Crippen LogP contribution in [-0.2, 0) is 0 Å². The van der Waals surface area contributed by atoms with E-state index in [0.717, 1.165) is 37.0 Å². The molecule has 0 aliphatic heterocycles. The summed E-state index contributed by atoms with van der Waals surface area (Å²) in [5.41, 5.74) is 1.26. The van der Waals surface area contributed by atoms with Crippen molar-refractivity contribution in [3.8, 4) is 6.07 Å². The maximum absolute atomic E-state index is 12.4. The summed E-state index contributed by atoms with van der Waals surface area (Å²) < 4.78 is 0. The average Bonchev–Trinajstić information content (AvgIpc) is 2.45. The summed E-state index contributed by atoms with van der Waals surface area (Å²) in [6, 6.07) is 9.02. The van der Waals surface area contributed by atoms with Crippen molar-refractivity contribution < 1.29 is 4.79 Å². The van der Waals surface area contributed by atoms with Gasteiger partial charge in [-0.05, 0) is 74.5 Å². The van der Waals surface area contributed by atoms with E-state index in [1.54, 1.807) is 18.2 Å². The Morgan fingerprint density at radius 1 is 1.14 bits per heavy atom. The van der Waals surface area contributed by atoms with E-state index in [1.165, 1.54) is 19.3 Å². The van der Waals surface area contributed by atoms with Crippen LogP contribution in [-0.4, -0.2) is 11.6 Å². The predicted molar refractivity (Wildman–Crippen MR) is 84.2 cm³/mol. The van der Waals surface area contributed by atoms with Crippen LogP contribution in [0, 0.1) is 29.1 Å². The first kappa shape index (κ1) is 13.6. The lowest BCUT2D eigenvalue weighted by molar-refractivity contribution is -0.0127. The van der Waals surface area contributed by atoms with E-state index in [0.29, 0.717) is 11.3 Å². The smallest absolute Gasteiger partial charge is 0.319 e. The molecule has 4 bridgehead atoms. The number of anilines is 1. The molecule has 2 amide bonds. The largest absolute Gasteiger partial charge is 0.332 e. The zero-order valence-corrected chi connectivity index (χ0v) is 12.6. The quantitative estimate of drug-likeness (QED) is 0.874. The normalized spacial score (nSPS) is 35.0. The summed E-state index contributed by atoms with van der Waals surface area (Å²) in [6.45, 7) is 0. The molecule has 4 aliphatic rings. The number of nitrogens with one attached hydrogen (secondary N) is 2. The van der Waals surface area contributed by atoms with Gasteiger partial charge in [0.1, 0.15) is 0 Å². The third-order valence-electron chi connectivity index (χ3n) is 5.67. The molecule has 4 aliphatic carbocycles. The third kappa shape index (κ3) is 2.45. The van der Waals surface area contributed by atoms with Crippen molar-refractivity contribution in [2.45, 2.75) is 44.1 Å². The lowest BCUT2D eigenvalue weighted by atomic mass is 9.53. The van der Waals surface area contributed by atoms with Gasteiger partial charge < -0.3 is 10.6 Å². The fraction of sp³-hybridized carbons (Fsp3) is 0.556. The Labute approximate surface area is 130 Å². The fourth-order valence-electron chi connectivity index (χ4n) is 5.33. The zero-order chi connectivity index (χ0) is 15.2. The lowest BCUT2D eigenvalue weighted by Gasteiger charge is -2.56. The second-order valence-electron chi connectivity index (χ2n) is 7.47. The van der Waals surface area contributed by atoms with Gasteiger partial charge in [-0.15, -0.1) is 0 Å². The molecule has 5 rings (SSSR count). The van der Waals surface area contributed by atoms with E-state index in [9.17, 15) is 4.79 Å². The van der Waals surface area contributed by atoms with E-state index < -0.39 is 0 Å². The van der Waals surface area contributed by atoms with Crippen molar-refractivity contribution in [2.75, 3.05) is 5.32 Å². The van der Waals surface area contributed by atoms with Gasteiger partial charge >= 0.3 is 6.03 Å². The molecule has 114 valence electrons. The van der Waals surface area contributed by atoms with Crippen molar-refractivity contribution in [3.63, 3.8) is 0 Å². The molecule has 0 atom stereocenters. The van der Waals surface area contributed by atoms with Crippen LogP contribution in [0.3, 0.4) is 0 Å². The number of carbonyl (C=O) groups is 1. The van der Waals surface area contributed by atoms with Crippen molar-refractivity contribution in [3.05, 3.63) is 29.8 Å². The summed E-state index contributed by atoms with van der Waals surface area (Å²) in [6.07, 6.45) is 7.53. The monoisotopic (exact) mass is 295 g/mol. The highest BCUT2D eigenvalue weighted by molar-refractivity contribution is 5.90. The fourth-order valence-corrected chi connectivity index (χ4v) is 5.33. The van der Waals surface area contributed by atoms with Gasteiger partial charge in [-0.3, -0.25) is 0 Å². The SMILES string of the molecule is N#Cc1cccc(NC(=O)NC23CC4CC(CC(C4)C2)C3)c1. The third-order valence-corrected chi connectivity index (χ3v) is 5.67. The molecule has 22 heavy (non-hydrogen) atoms. The first-order valence-electron chi connectivity index (χ1n) is 8.23. The maximum Gasteiger partial charge on any atom is 0.319 e. The molecular formula is C18H21N3O. The lowest BCUT2D eigenvalue weighted by Crippen LogP contribution is -2.60. The number of carbonyl (C=O) groups excluding carboxylic acids is 1. The number of hydrogen-bond acceptors (Lipinski definition) is 2. The molecule has 4 fully saturated rings. The number of nitrogens with zero attached hydrogens (tertiary/aromatic N) is 1. The molecule has 0 heterocycles. The van der Waals surface area contributed by atoms with Crippen LogP contribution in [0.5, 0.6) is 0 Å². The summed E-state index contributed by atoms with van der Waals surface area (Å²) in [7, 11) is 0. The van der Waals surface area contributed by atoms with Crippen LogP contribution in [0.1, 0.15) is 44.1 Å². The Bertz CT molecular complexity index is 611. The molecule has 1 aromatic rings. The van der Waals surface area contributed by atoms with Crippen molar-refractivity contribution in [1.29, 1.82) is 5.26 Å². The maximum atomic E-state index is 12.4. The van der Waals surface area contributed by atoms with Gasteiger partial charge in [-0.25, -0.2) is 4.79 Å². The molecule has 4 nitrogen and oxygen atoms in total. The Balaban J connectivity index is 1.45. The Kier molecular flexibility index (Phi) is 3.11. The number of nitriles is 1. The number of rotatable bonds is 2. The van der Waals surface area contributed by atoms with Crippen molar-refractivity contribution >= 4 is 11.7 Å². The van der Waals surface area contributed by atoms with Crippen molar-refractivity contribution in [1.82, 2.24) is 5.32 Å². The molecule has 0 unspecified atom stereocenters. The van der Waals surface area contributed by atoms with Gasteiger partial charge in [0, 0.05) is 11.2 Å². The molecule has 1 aromatic carbocycles. The molecule has 0 aromatic heterocycles. The highest BCUT2D eigenvalue weighted by atomic mass is 16.2. The highest BCUT2D eigenvalue weighted by Crippen LogP contribution is 2.55. The Morgan fingerprint density at radius 2 is 1.77 bits per heavy atom. The molecule has 0 saturated heterocycles. The summed E-state index contributed by atoms with van der Waals surface area (Å²) in [5.74, 6) is 2.44. The van der Waals surface area contributed by atoms with Crippen LogP contribution in [0.25, 0.3) is 0 Å². The van der Waals surface area contributed by atoms with Crippen molar-refractivity contribution in [2.24, 2.45) is 17.8 Å². The molecule has 0 radical (unpaired) electrons. The number of hydrogen-bond donors (Lipinski definition) is 2. The minimum Gasteiger partial charge on any atom is -0.332 e. The Hall–Kier alpha value is -2.02. The summed E-state index contributed by atoms with van der Waals surface area (Å²) in [5, 5.41) is 15.1. The van der Waals surface area contributed by atoms with Gasteiger partial charge in [0.15, 0.2) is 0 Å². The minimum atomic E-state index is -0.128. The van der Waals surface area contributed by atoms with Gasteiger partial charge in [0.05, 0.1) is 11.6 Å². The van der Waals surface area contributed by atoms with Crippen LogP contribution >= 0.6 is 0 Å². The predicted octanol–water partition coefficient (Wildman–Crippen LogP) is 3.65. The topological polar surface area (TPSA) is 64.9 Å². The standard InChI is InChI=1S/C18H21N3O/c19-11-12-2-1-3-16(7-12)20-17(22)21-18-8-13-4-14(9-18)6-15(5-13)10-18/h1-3,7,13-15H,4-6,8-10H2,(H2,20,21,22). The first-order chi connectivity index (χ1) is 10.6.